The quantitative estimate of drug-likeness (QED) is 0.846. The van der Waals surface area contributed by atoms with Crippen LogP contribution in [0.3, 0.4) is 0 Å². The largest absolute Gasteiger partial charge is 0.370 e. The Kier molecular flexibility index (Phi) is 4.71. The minimum Gasteiger partial charge on any atom is -0.370 e. The van der Waals surface area contributed by atoms with Crippen molar-refractivity contribution in [3.8, 4) is 6.07 Å². The van der Waals surface area contributed by atoms with Gasteiger partial charge >= 0.3 is 0 Å². The molecule has 0 radical (unpaired) electrons. The molecule has 0 spiro atoms. The predicted molar refractivity (Wildman–Crippen MR) is 82.0 cm³/mol. The Hall–Kier alpha value is -1.90. The van der Waals surface area contributed by atoms with Crippen molar-refractivity contribution < 1.29 is 9.53 Å². The lowest BCUT2D eigenvalue weighted by Crippen LogP contribution is -2.51. The SMILES string of the molecule is N#Cc1ccc(CN2CCC(N3CCOCC3=O)CC2)cc1. The highest BCUT2D eigenvalue weighted by molar-refractivity contribution is 5.78. The number of benzene rings is 1. The van der Waals surface area contributed by atoms with Crippen LogP contribution < -0.4 is 0 Å². The van der Waals surface area contributed by atoms with Crippen LogP contribution in [0.1, 0.15) is 24.0 Å². The summed E-state index contributed by atoms with van der Waals surface area (Å²) in [6.07, 6.45) is 2.06. The van der Waals surface area contributed by atoms with Crippen molar-refractivity contribution in [2.24, 2.45) is 0 Å². The van der Waals surface area contributed by atoms with E-state index in [-0.39, 0.29) is 12.5 Å². The lowest BCUT2D eigenvalue weighted by atomic mass is 10.0. The average molecular weight is 299 g/mol. The van der Waals surface area contributed by atoms with Gasteiger partial charge in [-0.25, -0.2) is 0 Å². The van der Waals surface area contributed by atoms with Gasteiger partial charge in [-0.15, -0.1) is 0 Å². The summed E-state index contributed by atoms with van der Waals surface area (Å²) < 4.78 is 5.20. The van der Waals surface area contributed by atoms with Gasteiger partial charge < -0.3 is 9.64 Å². The number of nitrogens with zero attached hydrogens (tertiary/aromatic N) is 3. The van der Waals surface area contributed by atoms with E-state index in [1.165, 1.54) is 5.56 Å². The predicted octanol–water partition coefficient (Wildman–Crippen LogP) is 1.38. The second kappa shape index (κ2) is 6.91. The number of nitriles is 1. The van der Waals surface area contributed by atoms with Crippen molar-refractivity contribution in [2.45, 2.75) is 25.4 Å². The summed E-state index contributed by atoms with van der Waals surface area (Å²) in [5.41, 5.74) is 1.94. The maximum Gasteiger partial charge on any atom is 0.248 e. The van der Waals surface area contributed by atoms with Crippen molar-refractivity contribution in [1.82, 2.24) is 9.80 Å². The summed E-state index contributed by atoms with van der Waals surface area (Å²) in [5, 5.41) is 8.82. The molecule has 2 heterocycles. The highest BCUT2D eigenvalue weighted by atomic mass is 16.5. The van der Waals surface area contributed by atoms with E-state index in [0.717, 1.165) is 39.0 Å². The number of hydrogen-bond donors (Lipinski definition) is 0. The normalized spacial score (nSPS) is 20.9. The Morgan fingerprint density at radius 1 is 1.18 bits per heavy atom. The minimum atomic E-state index is 0.136. The van der Waals surface area contributed by atoms with Crippen LogP contribution in [0.2, 0.25) is 0 Å². The van der Waals surface area contributed by atoms with Crippen molar-refractivity contribution in [3.63, 3.8) is 0 Å². The topological polar surface area (TPSA) is 56.6 Å². The second-order valence-electron chi connectivity index (χ2n) is 5.96. The molecule has 1 aromatic rings. The van der Waals surface area contributed by atoms with E-state index in [1.54, 1.807) is 0 Å². The molecule has 2 fully saturated rings. The van der Waals surface area contributed by atoms with Gasteiger partial charge in [-0.1, -0.05) is 12.1 Å². The van der Waals surface area contributed by atoms with Crippen LogP contribution in [0.4, 0.5) is 0 Å². The zero-order valence-electron chi connectivity index (χ0n) is 12.7. The molecule has 5 heteroatoms. The molecule has 22 heavy (non-hydrogen) atoms. The molecule has 0 unspecified atom stereocenters. The molecule has 1 amide bonds. The number of hydrogen-bond acceptors (Lipinski definition) is 4. The van der Waals surface area contributed by atoms with Crippen LogP contribution in [0.5, 0.6) is 0 Å². The van der Waals surface area contributed by atoms with Crippen LogP contribution in [-0.4, -0.2) is 54.6 Å². The van der Waals surface area contributed by atoms with E-state index in [2.05, 4.69) is 11.0 Å². The van der Waals surface area contributed by atoms with Gasteiger partial charge in [-0.3, -0.25) is 9.69 Å². The first-order chi connectivity index (χ1) is 10.8. The zero-order valence-corrected chi connectivity index (χ0v) is 12.7. The minimum absolute atomic E-state index is 0.136. The number of amides is 1. The fourth-order valence-electron chi connectivity index (χ4n) is 3.25. The Labute approximate surface area is 131 Å². The molecule has 116 valence electrons. The summed E-state index contributed by atoms with van der Waals surface area (Å²) in [6.45, 7) is 4.57. The summed E-state index contributed by atoms with van der Waals surface area (Å²) >= 11 is 0. The van der Waals surface area contributed by atoms with Crippen LogP contribution in [0.25, 0.3) is 0 Å². The standard InChI is InChI=1S/C17H21N3O2/c18-11-14-1-3-15(4-2-14)12-19-7-5-16(6-8-19)20-9-10-22-13-17(20)21/h1-4,16H,5-10,12-13H2. The summed E-state index contributed by atoms with van der Waals surface area (Å²) in [7, 11) is 0. The number of ether oxygens (including phenoxy) is 1. The lowest BCUT2D eigenvalue weighted by Gasteiger charge is -2.40. The molecule has 0 N–H and O–H groups in total. The second-order valence-corrected chi connectivity index (χ2v) is 5.96. The van der Waals surface area contributed by atoms with Crippen LogP contribution in [-0.2, 0) is 16.1 Å². The Bertz CT molecular complexity index is 556. The van der Waals surface area contributed by atoms with E-state index in [9.17, 15) is 4.79 Å². The fourth-order valence-corrected chi connectivity index (χ4v) is 3.25. The molecular formula is C17H21N3O2. The maximum atomic E-state index is 11.9. The Morgan fingerprint density at radius 2 is 1.91 bits per heavy atom. The average Bonchev–Trinajstić information content (AvgIpc) is 2.57. The van der Waals surface area contributed by atoms with E-state index < -0.39 is 0 Å². The van der Waals surface area contributed by atoms with Gasteiger partial charge in [-0.2, -0.15) is 5.26 Å². The molecule has 2 saturated heterocycles. The number of carbonyl (C=O) groups is 1. The van der Waals surface area contributed by atoms with Crippen LogP contribution in [0, 0.1) is 11.3 Å². The van der Waals surface area contributed by atoms with Crippen LogP contribution >= 0.6 is 0 Å². The molecule has 1 aromatic carbocycles. The highest BCUT2D eigenvalue weighted by Gasteiger charge is 2.29. The van der Waals surface area contributed by atoms with Gasteiger partial charge in [0.25, 0.3) is 0 Å². The molecular weight excluding hydrogens is 278 g/mol. The van der Waals surface area contributed by atoms with Crippen molar-refractivity contribution in [2.75, 3.05) is 32.8 Å². The Morgan fingerprint density at radius 3 is 2.55 bits per heavy atom. The molecule has 2 aliphatic rings. The van der Waals surface area contributed by atoms with E-state index >= 15 is 0 Å². The monoisotopic (exact) mass is 299 g/mol. The number of piperidine rings is 1. The zero-order chi connectivity index (χ0) is 15.4. The molecule has 0 aromatic heterocycles. The first kappa shape index (κ1) is 15.0. The number of likely N-dealkylation sites (tertiary alicyclic amines) is 1. The van der Waals surface area contributed by atoms with Crippen molar-refractivity contribution in [1.29, 1.82) is 5.26 Å². The molecule has 0 bridgehead atoms. The lowest BCUT2D eigenvalue weighted by molar-refractivity contribution is -0.146. The van der Waals surface area contributed by atoms with Gasteiger partial charge in [0.2, 0.25) is 5.91 Å². The van der Waals surface area contributed by atoms with E-state index in [0.29, 0.717) is 18.2 Å². The first-order valence-electron chi connectivity index (χ1n) is 7.85. The van der Waals surface area contributed by atoms with Gasteiger partial charge in [0.15, 0.2) is 0 Å². The van der Waals surface area contributed by atoms with Gasteiger partial charge in [0.05, 0.1) is 18.2 Å². The number of carbonyl (C=O) groups excluding carboxylic acids is 1. The van der Waals surface area contributed by atoms with Gasteiger partial charge in [0.1, 0.15) is 6.61 Å². The van der Waals surface area contributed by atoms with Crippen molar-refractivity contribution >= 4 is 5.91 Å². The fraction of sp³-hybridized carbons (Fsp3) is 0.529. The summed E-state index contributed by atoms with van der Waals surface area (Å²) in [5.74, 6) is 0.136. The highest BCUT2D eigenvalue weighted by Crippen LogP contribution is 2.20. The van der Waals surface area contributed by atoms with Gasteiger partial charge in [0, 0.05) is 32.2 Å². The molecule has 0 aliphatic carbocycles. The summed E-state index contributed by atoms with van der Waals surface area (Å²) in [4.78, 5) is 16.3. The van der Waals surface area contributed by atoms with E-state index in [4.69, 9.17) is 10.00 Å². The van der Waals surface area contributed by atoms with E-state index in [1.807, 2.05) is 29.2 Å². The van der Waals surface area contributed by atoms with Crippen molar-refractivity contribution in [3.05, 3.63) is 35.4 Å². The third-order valence-electron chi connectivity index (χ3n) is 4.51. The third kappa shape index (κ3) is 3.46. The summed E-state index contributed by atoms with van der Waals surface area (Å²) in [6, 6.07) is 10.3. The first-order valence-corrected chi connectivity index (χ1v) is 7.85. The molecule has 3 rings (SSSR count). The smallest absolute Gasteiger partial charge is 0.248 e. The molecule has 0 atom stereocenters. The maximum absolute atomic E-state index is 11.9. The number of rotatable bonds is 3. The van der Waals surface area contributed by atoms with Gasteiger partial charge in [-0.05, 0) is 30.5 Å². The molecule has 5 nitrogen and oxygen atoms in total. The Balaban J connectivity index is 1.51. The number of morpholine rings is 1. The molecule has 0 saturated carbocycles. The van der Waals surface area contributed by atoms with Crippen LogP contribution in [0.15, 0.2) is 24.3 Å². The molecule has 2 aliphatic heterocycles. The third-order valence-corrected chi connectivity index (χ3v) is 4.51.